The molecule has 4 rings (SSSR count). The highest BCUT2D eigenvalue weighted by Crippen LogP contribution is 2.18. The first-order chi connectivity index (χ1) is 13.5. The number of hydrogen-bond acceptors (Lipinski definition) is 4. The third kappa shape index (κ3) is 3.98. The summed E-state index contributed by atoms with van der Waals surface area (Å²) in [5.41, 5.74) is 0.934. The minimum Gasteiger partial charge on any atom is -0.311 e. The molecule has 146 valence electrons. The zero-order valence-corrected chi connectivity index (χ0v) is 16.1. The molecule has 0 bridgehead atoms. The van der Waals surface area contributed by atoms with E-state index in [1.807, 2.05) is 17.5 Å². The molecule has 6 nitrogen and oxygen atoms in total. The summed E-state index contributed by atoms with van der Waals surface area (Å²) < 4.78 is 13.1. The SMILES string of the molecule is O=C1C(=O)N(C[NH+](Cc2ccc(F)cc2)C2CC2)C(=O)N1CCc1cccs1. The minimum atomic E-state index is -0.756. The Morgan fingerprint density at radius 1 is 1.04 bits per heavy atom. The van der Waals surface area contributed by atoms with E-state index >= 15 is 0 Å². The second kappa shape index (κ2) is 7.81. The molecule has 1 unspecified atom stereocenters. The number of amides is 4. The van der Waals surface area contributed by atoms with Crippen molar-refractivity contribution in [2.75, 3.05) is 13.2 Å². The first-order valence-corrected chi connectivity index (χ1v) is 10.2. The van der Waals surface area contributed by atoms with Crippen LogP contribution < -0.4 is 4.90 Å². The van der Waals surface area contributed by atoms with Gasteiger partial charge in [0.1, 0.15) is 12.4 Å². The normalized spacial score (nSPS) is 18.2. The van der Waals surface area contributed by atoms with Crippen molar-refractivity contribution >= 4 is 29.2 Å². The summed E-state index contributed by atoms with van der Waals surface area (Å²) in [5.74, 6) is -1.81. The van der Waals surface area contributed by atoms with E-state index in [0.717, 1.165) is 38.0 Å². The van der Waals surface area contributed by atoms with E-state index in [1.54, 1.807) is 23.5 Å². The summed E-state index contributed by atoms with van der Waals surface area (Å²) in [4.78, 5) is 41.7. The van der Waals surface area contributed by atoms with Crippen molar-refractivity contribution in [2.45, 2.75) is 31.8 Å². The van der Waals surface area contributed by atoms with Crippen molar-refractivity contribution < 1.29 is 23.7 Å². The molecule has 2 heterocycles. The molecule has 4 amide bonds. The molecule has 1 aliphatic carbocycles. The van der Waals surface area contributed by atoms with Crippen molar-refractivity contribution in [3.8, 4) is 0 Å². The summed E-state index contributed by atoms with van der Waals surface area (Å²) >= 11 is 1.56. The van der Waals surface area contributed by atoms with Crippen molar-refractivity contribution in [3.63, 3.8) is 0 Å². The molecule has 2 aromatic rings. The van der Waals surface area contributed by atoms with E-state index in [-0.39, 0.29) is 19.0 Å². The molecular formula is C20H21FN3O3S+. The molecule has 28 heavy (non-hydrogen) atoms. The number of imide groups is 2. The topological polar surface area (TPSA) is 62.1 Å². The van der Waals surface area contributed by atoms with Gasteiger partial charge in [0.05, 0.1) is 6.04 Å². The van der Waals surface area contributed by atoms with E-state index in [4.69, 9.17) is 0 Å². The lowest BCUT2D eigenvalue weighted by molar-refractivity contribution is -0.931. The maximum atomic E-state index is 13.1. The van der Waals surface area contributed by atoms with Crippen molar-refractivity contribution in [3.05, 3.63) is 58.0 Å². The Hall–Kier alpha value is -2.58. The molecule has 0 radical (unpaired) electrons. The number of carbonyl (C=O) groups excluding carboxylic acids is 3. The summed E-state index contributed by atoms with van der Waals surface area (Å²) in [5, 5.41) is 1.94. The van der Waals surface area contributed by atoms with Crippen LogP contribution >= 0.6 is 11.3 Å². The molecule has 1 atom stereocenters. The second-order valence-electron chi connectivity index (χ2n) is 7.20. The fourth-order valence-corrected chi connectivity index (χ4v) is 4.15. The van der Waals surface area contributed by atoms with Gasteiger partial charge in [0.15, 0.2) is 6.67 Å². The highest BCUT2D eigenvalue weighted by molar-refractivity contribution is 7.09. The third-order valence-electron chi connectivity index (χ3n) is 5.16. The third-order valence-corrected chi connectivity index (χ3v) is 6.09. The summed E-state index contributed by atoms with van der Waals surface area (Å²) in [7, 11) is 0. The summed E-state index contributed by atoms with van der Waals surface area (Å²) in [6.07, 6.45) is 2.58. The first-order valence-electron chi connectivity index (χ1n) is 9.31. The second-order valence-corrected chi connectivity index (χ2v) is 8.23. The summed E-state index contributed by atoms with van der Waals surface area (Å²) in [6, 6.07) is 9.90. The Labute approximate surface area is 166 Å². The number of nitrogens with zero attached hydrogens (tertiary/aromatic N) is 2. The average molecular weight is 402 g/mol. The molecule has 1 saturated carbocycles. The quantitative estimate of drug-likeness (QED) is 0.537. The smallest absolute Gasteiger partial charge is 0.311 e. The predicted octanol–water partition coefficient (Wildman–Crippen LogP) is 1.43. The van der Waals surface area contributed by atoms with Crippen molar-refractivity contribution in [2.24, 2.45) is 0 Å². The van der Waals surface area contributed by atoms with E-state index in [9.17, 15) is 18.8 Å². The number of hydrogen-bond donors (Lipinski definition) is 1. The van der Waals surface area contributed by atoms with Gasteiger partial charge in [-0.1, -0.05) is 18.2 Å². The van der Waals surface area contributed by atoms with Crippen LogP contribution in [-0.4, -0.2) is 46.9 Å². The van der Waals surface area contributed by atoms with Crippen LogP contribution in [-0.2, 0) is 22.6 Å². The highest BCUT2D eigenvalue weighted by Gasteiger charge is 2.47. The highest BCUT2D eigenvalue weighted by atomic mass is 32.1. The van der Waals surface area contributed by atoms with E-state index in [2.05, 4.69) is 0 Å². The molecule has 8 heteroatoms. The number of nitrogens with one attached hydrogen (secondary N) is 1. The molecule has 2 fully saturated rings. The molecule has 1 aromatic heterocycles. The number of carbonyl (C=O) groups is 3. The minimum absolute atomic E-state index is 0.154. The van der Waals surface area contributed by atoms with Crippen LogP contribution in [0.2, 0.25) is 0 Å². The monoisotopic (exact) mass is 402 g/mol. The van der Waals surface area contributed by atoms with Gasteiger partial charge in [0.2, 0.25) is 0 Å². The van der Waals surface area contributed by atoms with Gasteiger partial charge in [-0.15, -0.1) is 11.3 Å². The Kier molecular flexibility index (Phi) is 5.23. The predicted molar refractivity (Wildman–Crippen MR) is 101 cm³/mol. The fraction of sp³-hybridized carbons (Fsp3) is 0.350. The van der Waals surface area contributed by atoms with Crippen molar-refractivity contribution in [1.29, 1.82) is 0 Å². The van der Waals surface area contributed by atoms with Gasteiger partial charge in [-0.2, -0.15) is 0 Å². The Bertz CT molecular complexity index is 881. The Morgan fingerprint density at radius 2 is 1.75 bits per heavy atom. The molecule has 1 N–H and O–H groups in total. The average Bonchev–Trinajstić information content (AvgIpc) is 3.37. The van der Waals surface area contributed by atoms with Gasteiger partial charge in [-0.25, -0.2) is 14.1 Å². The summed E-state index contributed by atoms with van der Waals surface area (Å²) in [6.45, 7) is 0.934. The number of urea groups is 1. The number of quaternary nitrogens is 1. The van der Waals surface area contributed by atoms with Gasteiger partial charge in [0, 0.05) is 36.2 Å². The van der Waals surface area contributed by atoms with E-state index in [1.165, 1.54) is 12.1 Å². The molecule has 1 aliphatic heterocycles. The van der Waals surface area contributed by atoms with E-state index < -0.39 is 17.8 Å². The largest absolute Gasteiger partial charge is 0.338 e. The van der Waals surface area contributed by atoms with Crippen LogP contribution in [0.3, 0.4) is 0 Å². The Morgan fingerprint density at radius 3 is 2.39 bits per heavy atom. The van der Waals surface area contributed by atoms with E-state index in [0.29, 0.717) is 19.0 Å². The Balaban J connectivity index is 1.43. The zero-order chi connectivity index (χ0) is 19.7. The molecule has 0 spiro atoms. The standard InChI is InChI=1S/C20H20FN3O3S/c21-15-5-3-14(4-6-15)12-22(16-7-8-16)13-24-19(26)18(25)23(20(24)27)10-9-17-2-1-11-28-17/h1-6,11,16H,7-10,12-13H2/p+1. The van der Waals surface area contributed by atoms with Gasteiger partial charge < -0.3 is 4.90 Å². The van der Waals surface area contributed by atoms with Crippen LogP contribution in [0.15, 0.2) is 41.8 Å². The number of rotatable bonds is 8. The van der Waals surface area contributed by atoms with Gasteiger partial charge in [-0.05, 0) is 23.6 Å². The lowest BCUT2D eigenvalue weighted by Crippen LogP contribution is -3.13. The molecule has 1 saturated heterocycles. The maximum Gasteiger partial charge on any atom is 0.338 e. The van der Waals surface area contributed by atoms with Crippen LogP contribution in [0.25, 0.3) is 0 Å². The van der Waals surface area contributed by atoms with Gasteiger partial charge in [0.25, 0.3) is 0 Å². The van der Waals surface area contributed by atoms with Crippen LogP contribution in [0.4, 0.5) is 9.18 Å². The fourth-order valence-electron chi connectivity index (χ4n) is 3.45. The van der Waals surface area contributed by atoms with Crippen LogP contribution in [0, 0.1) is 5.82 Å². The lowest BCUT2D eigenvalue weighted by Gasteiger charge is -2.23. The molecule has 1 aromatic carbocycles. The first kappa shape index (κ1) is 18.8. The number of benzene rings is 1. The zero-order valence-electron chi connectivity index (χ0n) is 15.3. The van der Waals surface area contributed by atoms with Crippen LogP contribution in [0.1, 0.15) is 23.3 Å². The lowest BCUT2D eigenvalue weighted by atomic mass is 10.2. The number of thiophene rings is 1. The van der Waals surface area contributed by atoms with Crippen molar-refractivity contribution in [1.82, 2.24) is 9.80 Å². The molecule has 2 aliphatic rings. The number of halogens is 1. The van der Waals surface area contributed by atoms with Gasteiger partial charge >= 0.3 is 17.8 Å². The van der Waals surface area contributed by atoms with Gasteiger partial charge in [-0.3, -0.25) is 14.5 Å². The van der Waals surface area contributed by atoms with Crippen LogP contribution in [0.5, 0.6) is 0 Å². The molecular weight excluding hydrogens is 381 g/mol. The maximum absolute atomic E-state index is 13.1.